The first-order valence-electron chi connectivity index (χ1n) is 6.67. The molecule has 1 N–H and O–H groups in total. The molecule has 4 heteroatoms. The monoisotopic (exact) mass is 256 g/mol. The van der Waals surface area contributed by atoms with Crippen molar-refractivity contribution in [3.05, 3.63) is 36.2 Å². The maximum atomic E-state index is 11.8. The lowest BCUT2D eigenvalue weighted by atomic mass is 9.69. The van der Waals surface area contributed by atoms with E-state index in [1.54, 1.807) is 12.4 Å². The average molecular weight is 256 g/mol. The molecule has 0 spiro atoms. The molecule has 1 saturated carbocycles. The van der Waals surface area contributed by atoms with E-state index in [1.165, 1.54) is 0 Å². The summed E-state index contributed by atoms with van der Waals surface area (Å²) in [7, 11) is 0. The average Bonchev–Trinajstić information content (AvgIpc) is 2.47. The van der Waals surface area contributed by atoms with Crippen LogP contribution in [0, 0.1) is 0 Å². The van der Waals surface area contributed by atoms with Crippen molar-refractivity contribution in [2.75, 3.05) is 0 Å². The van der Waals surface area contributed by atoms with Crippen LogP contribution in [0.15, 0.2) is 30.6 Å². The van der Waals surface area contributed by atoms with E-state index < -0.39 is 11.4 Å². The summed E-state index contributed by atoms with van der Waals surface area (Å²) in [5.41, 5.74) is 1.71. The maximum absolute atomic E-state index is 11.8. The molecule has 0 amide bonds. The molecule has 1 heterocycles. The van der Waals surface area contributed by atoms with Crippen LogP contribution in [0.2, 0.25) is 0 Å². The fourth-order valence-corrected chi connectivity index (χ4v) is 3.04. The van der Waals surface area contributed by atoms with Crippen LogP contribution in [0.1, 0.15) is 37.7 Å². The smallest absolute Gasteiger partial charge is 0.314 e. The highest BCUT2D eigenvalue weighted by Crippen LogP contribution is 2.40. The molecule has 0 bridgehead atoms. The first-order chi connectivity index (χ1) is 9.22. The zero-order valence-electron chi connectivity index (χ0n) is 10.7. The summed E-state index contributed by atoms with van der Waals surface area (Å²) in [4.78, 5) is 20.3. The summed E-state index contributed by atoms with van der Waals surface area (Å²) in [5, 5.41) is 9.68. The van der Waals surface area contributed by atoms with E-state index in [2.05, 4.69) is 9.97 Å². The second-order valence-electron chi connectivity index (χ2n) is 5.21. The van der Waals surface area contributed by atoms with Gasteiger partial charge in [0.15, 0.2) is 0 Å². The van der Waals surface area contributed by atoms with Gasteiger partial charge in [0.05, 0.1) is 16.4 Å². The molecule has 2 aromatic rings. The minimum atomic E-state index is -0.732. The van der Waals surface area contributed by atoms with Gasteiger partial charge in [-0.15, -0.1) is 0 Å². The fourth-order valence-electron chi connectivity index (χ4n) is 3.04. The van der Waals surface area contributed by atoms with Gasteiger partial charge < -0.3 is 5.11 Å². The Labute approximate surface area is 111 Å². The Hall–Kier alpha value is -1.97. The van der Waals surface area contributed by atoms with Crippen molar-refractivity contribution in [2.24, 2.45) is 0 Å². The Balaban J connectivity index is 2.12. The molecule has 98 valence electrons. The van der Waals surface area contributed by atoms with Crippen LogP contribution in [0.5, 0.6) is 0 Å². The highest BCUT2D eigenvalue weighted by molar-refractivity contribution is 5.84. The van der Waals surface area contributed by atoms with E-state index in [1.807, 2.05) is 18.2 Å². The van der Waals surface area contributed by atoms with Crippen molar-refractivity contribution in [2.45, 2.75) is 37.5 Å². The summed E-state index contributed by atoms with van der Waals surface area (Å²) in [6.07, 6.45) is 7.80. The van der Waals surface area contributed by atoms with E-state index in [0.717, 1.165) is 35.9 Å². The number of nitrogens with zero attached hydrogens (tertiary/aromatic N) is 2. The number of rotatable bonds is 2. The van der Waals surface area contributed by atoms with Gasteiger partial charge in [-0.2, -0.15) is 0 Å². The summed E-state index contributed by atoms with van der Waals surface area (Å²) >= 11 is 0. The second-order valence-corrected chi connectivity index (χ2v) is 5.21. The van der Waals surface area contributed by atoms with Crippen molar-refractivity contribution in [1.82, 2.24) is 9.97 Å². The summed E-state index contributed by atoms with van der Waals surface area (Å²) in [5.74, 6) is -0.713. The molecule has 1 aliphatic rings. The lowest BCUT2D eigenvalue weighted by molar-refractivity contribution is -0.145. The first-order valence-corrected chi connectivity index (χ1v) is 6.67. The Morgan fingerprint density at radius 3 is 2.42 bits per heavy atom. The fraction of sp³-hybridized carbons (Fsp3) is 0.400. The van der Waals surface area contributed by atoms with Crippen molar-refractivity contribution in [3.63, 3.8) is 0 Å². The second kappa shape index (κ2) is 4.61. The quantitative estimate of drug-likeness (QED) is 0.897. The molecule has 1 fully saturated rings. The van der Waals surface area contributed by atoms with E-state index in [9.17, 15) is 9.90 Å². The van der Waals surface area contributed by atoms with Crippen molar-refractivity contribution in [3.8, 4) is 0 Å². The molecular formula is C15H16N2O2. The lowest BCUT2D eigenvalue weighted by Crippen LogP contribution is -2.37. The highest BCUT2D eigenvalue weighted by atomic mass is 16.4. The first kappa shape index (κ1) is 12.1. The van der Waals surface area contributed by atoms with Crippen LogP contribution >= 0.6 is 0 Å². The van der Waals surface area contributed by atoms with Crippen LogP contribution in [0.3, 0.4) is 0 Å². The number of aliphatic carboxylic acids is 1. The molecule has 0 radical (unpaired) electrons. The summed E-state index contributed by atoms with van der Waals surface area (Å²) < 4.78 is 0. The van der Waals surface area contributed by atoms with E-state index in [4.69, 9.17) is 0 Å². The standard InChI is InChI=1S/C15H16N2O2/c18-14(19)15(6-2-1-3-7-15)11-4-5-12-13(10-11)17-9-8-16-12/h4-5,8-10H,1-3,6-7H2,(H,18,19). The molecule has 19 heavy (non-hydrogen) atoms. The Morgan fingerprint density at radius 1 is 1.05 bits per heavy atom. The van der Waals surface area contributed by atoms with Gasteiger partial charge in [-0.25, -0.2) is 0 Å². The van der Waals surface area contributed by atoms with Crippen LogP contribution in [0.25, 0.3) is 11.0 Å². The molecule has 1 aromatic carbocycles. The molecule has 0 aliphatic heterocycles. The van der Waals surface area contributed by atoms with Crippen molar-refractivity contribution < 1.29 is 9.90 Å². The predicted molar refractivity (Wildman–Crippen MR) is 71.9 cm³/mol. The number of hydrogen-bond acceptors (Lipinski definition) is 3. The van der Waals surface area contributed by atoms with Gasteiger partial charge in [0.1, 0.15) is 0 Å². The summed E-state index contributed by atoms with van der Waals surface area (Å²) in [6, 6.07) is 5.66. The van der Waals surface area contributed by atoms with Gasteiger partial charge in [-0.05, 0) is 30.5 Å². The minimum Gasteiger partial charge on any atom is -0.481 e. The van der Waals surface area contributed by atoms with Crippen LogP contribution in [-0.4, -0.2) is 21.0 Å². The van der Waals surface area contributed by atoms with Gasteiger partial charge in [0.25, 0.3) is 0 Å². The maximum Gasteiger partial charge on any atom is 0.314 e. The van der Waals surface area contributed by atoms with Crippen molar-refractivity contribution in [1.29, 1.82) is 0 Å². The van der Waals surface area contributed by atoms with Crippen LogP contribution in [0.4, 0.5) is 0 Å². The number of carboxylic acid groups (broad SMARTS) is 1. The Bertz CT molecular complexity index is 618. The highest BCUT2D eigenvalue weighted by Gasteiger charge is 2.41. The summed E-state index contributed by atoms with van der Waals surface area (Å²) in [6.45, 7) is 0. The molecular weight excluding hydrogens is 240 g/mol. The Kier molecular flexibility index (Phi) is 2.93. The zero-order valence-corrected chi connectivity index (χ0v) is 10.7. The van der Waals surface area contributed by atoms with E-state index in [-0.39, 0.29) is 0 Å². The number of aromatic nitrogens is 2. The van der Waals surface area contributed by atoms with Crippen LogP contribution in [-0.2, 0) is 10.2 Å². The molecule has 0 atom stereocenters. The minimum absolute atomic E-state index is 0.713. The largest absolute Gasteiger partial charge is 0.481 e. The third-order valence-electron chi connectivity index (χ3n) is 4.14. The zero-order chi connectivity index (χ0) is 13.3. The van der Waals surface area contributed by atoms with Gasteiger partial charge in [0, 0.05) is 12.4 Å². The number of fused-ring (bicyclic) bond motifs is 1. The lowest BCUT2D eigenvalue weighted by Gasteiger charge is -2.33. The van der Waals surface area contributed by atoms with Crippen LogP contribution < -0.4 is 0 Å². The number of benzene rings is 1. The van der Waals surface area contributed by atoms with E-state index in [0.29, 0.717) is 12.8 Å². The topological polar surface area (TPSA) is 63.1 Å². The van der Waals surface area contributed by atoms with E-state index >= 15 is 0 Å². The third-order valence-corrected chi connectivity index (χ3v) is 4.14. The number of carbonyl (C=O) groups is 1. The van der Waals surface area contributed by atoms with Gasteiger partial charge in [-0.1, -0.05) is 25.3 Å². The number of hydrogen-bond donors (Lipinski definition) is 1. The molecule has 3 rings (SSSR count). The SMILES string of the molecule is O=C(O)C1(c2ccc3nccnc3c2)CCCCC1. The van der Waals surface area contributed by atoms with Gasteiger partial charge in [-0.3, -0.25) is 14.8 Å². The molecule has 4 nitrogen and oxygen atoms in total. The Morgan fingerprint density at radius 2 is 1.74 bits per heavy atom. The number of carboxylic acids is 1. The normalized spacial score (nSPS) is 18.3. The van der Waals surface area contributed by atoms with Crippen molar-refractivity contribution >= 4 is 17.0 Å². The van der Waals surface area contributed by atoms with Gasteiger partial charge in [0.2, 0.25) is 0 Å². The predicted octanol–water partition coefficient (Wildman–Crippen LogP) is 2.92. The molecule has 0 saturated heterocycles. The van der Waals surface area contributed by atoms with Gasteiger partial charge >= 0.3 is 5.97 Å². The molecule has 1 aromatic heterocycles. The molecule has 0 unspecified atom stereocenters. The molecule has 1 aliphatic carbocycles. The third kappa shape index (κ3) is 1.97.